The molecule has 1 aromatic rings. The topological polar surface area (TPSA) is 58.6 Å². The van der Waals surface area contributed by atoms with E-state index in [4.69, 9.17) is 0 Å². The number of nitrogens with zero attached hydrogens (tertiary/aromatic N) is 1. The lowest BCUT2D eigenvalue weighted by atomic mass is 9.96. The molecule has 0 bridgehead atoms. The number of methoxy groups -OCH3 is 1. The minimum absolute atomic E-state index is 0.00156. The van der Waals surface area contributed by atoms with E-state index >= 15 is 0 Å². The molecule has 1 heterocycles. The highest BCUT2D eigenvalue weighted by Gasteiger charge is 2.27. The van der Waals surface area contributed by atoms with E-state index < -0.39 is 0 Å². The molecule has 0 saturated carbocycles. The third-order valence-electron chi connectivity index (χ3n) is 3.85. The lowest BCUT2D eigenvalue weighted by molar-refractivity contribution is -0.126. The van der Waals surface area contributed by atoms with E-state index in [0.717, 1.165) is 6.42 Å². The molecule has 114 valence electrons. The highest BCUT2D eigenvalue weighted by Crippen LogP contribution is 2.17. The summed E-state index contributed by atoms with van der Waals surface area (Å²) in [5.74, 6) is 0.0946. The summed E-state index contributed by atoms with van der Waals surface area (Å²) >= 11 is 0. The second-order valence-electron chi connectivity index (χ2n) is 5.26. The Kier molecular flexibility index (Phi) is 5.60. The van der Waals surface area contributed by atoms with Gasteiger partial charge in [-0.1, -0.05) is 30.3 Å². The van der Waals surface area contributed by atoms with Crippen LogP contribution in [0.1, 0.15) is 18.4 Å². The molecular formula is C16H22N2O3. The van der Waals surface area contributed by atoms with Crippen molar-refractivity contribution in [2.24, 2.45) is 5.92 Å². The Balaban J connectivity index is 1.69. The number of nitrogens with one attached hydrogen (secondary N) is 1. The molecule has 21 heavy (non-hydrogen) atoms. The zero-order valence-corrected chi connectivity index (χ0v) is 12.4. The lowest BCUT2D eigenvalue weighted by Gasteiger charge is -2.30. The fraction of sp³-hybridized carbons (Fsp3) is 0.500. The average molecular weight is 290 g/mol. The third-order valence-corrected chi connectivity index (χ3v) is 3.85. The fourth-order valence-corrected chi connectivity index (χ4v) is 2.57. The quantitative estimate of drug-likeness (QED) is 0.920. The molecule has 1 aliphatic heterocycles. The van der Waals surface area contributed by atoms with Crippen molar-refractivity contribution >= 4 is 12.0 Å². The molecule has 0 spiro atoms. The Morgan fingerprint density at radius 1 is 1.24 bits per heavy atom. The summed E-state index contributed by atoms with van der Waals surface area (Å²) in [7, 11) is 1.38. The first-order valence-corrected chi connectivity index (χ1v) is 7.35. The predicted molar refractivity (Wildman–Crippen MR) is 79.9 cm³/mol. The van der Waals surface area contributed by atoms with Crippen LogP contribution in [0.25, 0.3) is 0 Å². The van der Waals surface area contributed by atoms with E-state index in [2.05, 4.69) is 22.2 Å². The number of likely N-dealkylation sites (tertiary alicyclic amines) is 1. The van der Waals surface area contributed by atoms with Gasteiger partial charge in [0.15, 0.2) is 0 Å². The summed E-state index contributed by atoms with van der Waals surface area (Å²) in [6.45, 7) is 1.83. The van der Waals surface area contributed by atoms with Crippen LogP contribution in [0.5, 0.6) is 0 Å². The molecule has 0 aliphatic carbocycles. The monoisotopic (exact) mass is 290 g/mol. The van der Waals surface area contributed by atoms with Gasteiger partial charge in [-0.25, -0.2) is 4.79 Å². The molecular weight excluding hydrogens is 268 g/mol. The van der Waals surface area contributed by atoms with Crippen molar-refractivity contribution in [3.05, 3.63) is 35.9 Å². The summed E-state index contributed by atoms with van der Waals surface area (Å²) in [6, 6.07) is 10.1. The summed E-state index contributed by atoms with van der Waals surface area (Å²) < 4.78 is 4.69. The Morgan fingerprint density at radius 3 is 2.52 bits per heavy atom. The molecule has 1 fully saturated rings. The molecule has 0 aromatic heterocycles. The van der Waals surface area contributed by atoms with Gasteiger partial charge < -0.3 is 15.0 Å². The van der Waals surface area contributed by atoms with E-state index in [1.54, 1.807) is 4.90 Å². The zero-order valence-electron chi connectivity index (χ0n) is 12.4. The van der Waals surface area contributed by atoms with Crippen LogP contribution >= 0.6 is 0 Å². The summed E-state index contributed by atoms with van der Waals surface area (Å²) in [4.78, 5) is 25.1. The van der Waals surface area contributed by atoms with Crippen molar-refractivity contribution in [1.29, 1.82) is 0 Å². The first-order chi connectivity index (χ1) is 10.2. The molecule has 1 aromatic carbocycles. The van der Waals surface area contributed by atoms with Gasteiger partial charge in [-0.3, -0.25) is 4.79 Å². The fourth-order valence-electron chi connectivity index (χ4n) is 2.57. The van der Waals surface area contributed by atoms with Gasteiger partial charge >= 0.3 is 6.09 Å². The Bertz CT molecular complexity index is 468. The molecule has 0 atom stereocenters. The molecule has 0 radical (unpaired) electrons. The molecule has 1 N–H and O–H groups in total. The van der Waals surface area contributed by atoms with E-state index in [0.29, 0.717) is 32.5 Å². The number of amides is 2. The smallest absolute Gasteiger partial charge is 0.409 e. The van der Waals surface area contributed by atoms with Gasteiger partial charge in [0.05, 0.1) is 7.11 Å². The maximum Gasteiger partial charge on any atom is 0.409 e. The average Bonchev–Trinajstić information content (AvgIpc) is 2.55. The zero-order chi connectivity index (χ0) is 15.1. The van der Waals surface area contributed by atoms with Crippen molar-refractivity contribution in [3.63, 3.8) is 0 Å². The second-order valence-corrected chi connectivity index (χ2v) is 5.26. The second kappa shape index (κ2) is 7.67. The molecule has 2 amide bonds. The van der Waals surface area contributed by atoms with E-state index in [1.807, 2.05) is 18.2 Å². The van der Waals surface area contributed by atoms with Gasteiger partial charge in [-0.2, -0.15) is 0 Å². The van der Waals surface area contributed by atoms with Gasteiger partial charge in [0.2, 0.25) is 5.91 Å². The van der Waals surface area contributed by atoms with E-state index in [-0.39, 0.29) is 17.9 Å². The largest absolute Gasteiger partial charge is 0.453 e. The van der Waals surface area contributed by atoms with Crippen molar-refractivity contribution < 1.29 is 14.3 Å². The summed E-state index contributed by atoms with van der Waals surface area (Å²) in [5, 5.41) is 2.99. The highest BCUT2D eigenvalue weighted by molar-refractivity contribution is 5.79. The Morgan fingerprint density at radius 2 is 1.90 bits per heavy atom. The van der Waals surface area contributed by atoms with Crippen LogP contribution < -0.4 is 5.32 Å². The van der Waals surface area contributed by atoms with Crippen LogP contribution in [-0.2, 0) is 16.0 Å². The minimum Gasteiger partial charge on any atom is -0.453 e. The first-order valence-electron chi connectivity index (χ1n) is 7.35. The van der Waals surface area contributed by atoms with E-state index in [9.17, 15) is 9.59 Å². The van der Waals surface area contributed by atoms with Crippen LogP contribution in [0.4, 0.5) is 4.79 Å². The molecule has 1 saturated heterocycles. The highest BCUT2D eigenvalue weighted by atomic mass is 16.5. The lowest BCUT2D eigenvalue weighted by Crippen LogP contribution is -2.43. The normalized spacial score (nSPS) is 15.6. The van der Waals surface area contributed by atoms with Gasteiger partial charge in [-0.15, -0.1) is 0 Å². The number of benzene rings is 1. The van der Waals surface area contributed by atoms with Crippen molar-refractivity contribution in [2.75, 3.05) is 26.7 Å². The number of piperidine rings is 1. The molecule has 2 rings (SSSR count). The van der Waals surface area contributed by atoms with Gasteiger partial charge in [0.25, 0.3) is 0 Å². The molecule has 5 heteroatoms. The predicted octanol–water partition coefficient (Wildman–Crippen LogP) is 1.82. The molecule has 5 nitrogen and oxygen atoms in total. The van der Waals surface area contributed by atoms with Gasteiger partial charge in [0.1, 0.15) is 0 Å². The SMILES string of the molecule is COC(=O)N1CCC(C(=O)NCCc2ccccc2)CC1. The third kappa shape index (κ3) is 4.48. The number of hydrogen-bond donors (Lipinski definition) is 1. The first kappa shape index (κ1) is 15.4. The number of ether oxygens (including phenoxy) is 1. The van der Waals surface area contributed by atoms with E-state index in [1.165, 1.54) is 12.7 Å². The van der Waals surface area contributed by atoms with Crippen molar-refractivity contribution in [2.45, 2.75) is 19.3 Å². The molecule has 1 aliphatic rings. The maximum atomic E-state index is 12.1. The summed E-state index contributed by atoms with van der Waals surface area (Å²) in [5.41, 5.74) is 1.22. The van der Waals surface area contributed by atoms with Crippen LogP contribution in [0.15, 0.2) is 30.3 Å². The number of hydrogen-bond acceptors (Lipinski definition) is 3. The number of rotatable bonds is 4. The van der Waals surface area contributed by atoms with Crippen molar-refractivity contribution in [3.8, 4) is 0 Å². The Labute approximate surface area is 125 Å². The maximum absolute atomic E-state index is 12.1. The Hall–Kier alpha value is -2.04. The standard InChI is InChI=1S/C16H22N2O3/c1-21-16(20)18-11-8-14(9-12-18)15(19)17-10-7-13-5-3-2-4-6-13/h2-6,14H,7-12H2,1H3,(H,17,19). The van der Waals surface area contributed by atoms with Gasteiger partial charge in [-0.05, 0) is 24.8 Å². The molecule has 0 unspecified atom stereocenters. The van der Waals surface area contributed by atoms with Crippen molar-refractivity contribution in [1.82, 2.24) is 10.2 Å². The van der Waals surface area contributed by atoms with Gasteiger partial charge in [0, 0.05) is 25.6 Å². The van der Waals surface area contributed by atoms with Crippen LogP contribution in [0.2, 0.25) is 0 Å². The van der Waals surface area contributed by atoms with Crippen LogP contribution in [0, 0.1) is 5.92 Å². The van der Waals surface area contributed by atoms with Crippen LogP contribution in [0.3, 0.4) is 0 Å². The number of carbonyl (C=O) groups is 2. The number of carbonyl (C=O) groups excluding carboxylic acids is 2. The minimum atomic E-state index is -0.307. The van der Waals surface area contributed by atoms with Crippen LogP contribution in [-0.4, -0.2) is 43.6 Å². The summed E-state index contributed by atoms with van der Waals surface area (Å²) in [6.07, 6.45) is 1.93.